The van der Waals surface area contributed by atoms with Crippen LogP contribution in [0.1, 0.15) is 30.2 Å². The van der Waals surface area contributed by atoms with Gasteiger partial charge in [0.1, 0.15) is 5.75 Å². The van der Waals surface area contributed by atoms with E-state index in [1.165, 1.54) is 10.9 Å². The molecule has 6 nitrogen and oxygen atoms in total. The smallest absolute Gasteiger partial charge is 0.191 e. The quantitative estimate of drug-likeness (QED) is 0.268. The molecule has 2 aromatic carbocycles. The molecule has 0 fully saturated rings. The van der Waals surface area contributed by atoms with E-state index in [1.54, 1.807) is 7.11 Å². The van der Waals surface area contributed by atoms with Gasteiger partial charge in [0, 0.05) is 43.5 Å². The zero-order valence-corrected chi connectivity index (χ0v) is 18.1. The summed E-state index contributed by atoms with van der Waals surface area (Å²) < 4.78 is 11.1. The van der Waals surface area contributed by atoms with Crippen LogP contribution in [0.3, 0.4) is 0 Å². The van der Waals surface area contributed by atoms with Gasteiger partial charge in [-0.1, -0.05) is 30.3 Å². The molecule has 3 N–H and O–H groups in total. The molecule has 0 atom stereocenters. The third-order valence-corrected chi connectivity index (χ3v) is 4.76. The van der Waals surface area contributed by atoms with Crippen LogP contribution in [-0.4, -0.2) is 37.8 Å². The van der Waals surface area contributed by atoms with Gasteiger partial charge in [-0.2, -0.15) is 0 Å². The molecule has 3 aromatic rings. The van der Waals surface area contributed by atoms with Crippen molar-refractivity contribution in [3.8, 4) is 5.75 Å². The molecule has 0 aliphatic carbocycles. The minimum absolute atomic E-state index is 0.544. The predicted molar refractivity (Wildman–Crippen MR) is 123 cm³/mol. The lowest BCUT2D eigenvalue weighted by molar-refractivity contribution is 0.172. The molecule has 0 aliphatic rings. The van der Waals surface area contributed by atoms with Crippen molar-refractivity contribution in [3.05, 3.63) is 65.4 Å². The molecule has 0 unspecified atom stereocenters. The van der Waals surface area contributed by atoms with Crippen LogP contribution in [0.4, 0.5) is 0 Å². The number of ether oxygens (including phenoxy) is 2. The molecular weight excluding hydrogens is 376 g/mol. The summed E-state index contributed by atoms with van der Waals surface area (Å²) in [7, 11) is 1.71. The van der Waals surface area contributed by atoms with Crippen LogP contribution in [0.25, 0.3) is 10.9 Å². The highest BCUT2D eigenvalue weighted by Crippen LogP contribution is 2.21. The normalized spacial score (nSPS) is 11.6. The monoisotopic (exact) mass is 408 g/mol. The summed E-state index contributed by atoms with van der Waals surface area (Å²) in [6.07, 6.45) is 0.863. The maximum absolute atomic E-state index is 5.98. The van der Waals surface area contributed by atoms with Crippen LogP contribution in [0.2, 0.25) is 0 Å². The van der Waals surface area contributed by atoms with E-state index in [0.717, 1.165) is 41.4 Å². The molecule has 0 bridgehead atoms. The largest absolute Gasteiger partial charge is 0.493 e. The second kappa shape index (κ2) is 11.3. The Kier molecular flexibility index (Phi) is 8.15. The summed E-state index contributed by atoms with van der Waals surface area (Å²) >= 11 is 0. The minimum atomic E-state index is 0.544. The Morgan fingerprint density at radius 3 is 2.73 bits per heavy atom. The third-order valence-electron chi connectivity index (χ3n) is 4.76. The predicted octanol–water partition coefficient (Wildman–Crippen LogP) is 4.15. The Morgan fingerprint density at radius 1 is 1.07 bits per heavy atom. The first kappa shape index (κ1) is 21.7. The number of benzene rings is 2. The van der Waals surface area contributed by atoms with E-state index in [2.05, 4.69) is 71.9 Å². The molecule has 0 aliphatic heterocycles. The summed E-state index contributed by atoms with van der Waals surface area (Å²) in [4.78, 5) is 8.20. The number of guanidine groups is 1. The lowest BCUT2D eigenvalue weighted by Crippen LogP contribution is -2.36. The zero-order chi connectivity index (χ0) is 21.2. The molecule has 6 heteroatoms. The van der Waals surface area contributed by atoms with Gasteiger partial charge in [0.05, 0.1) is 19.7 Å². The molecule has 3 rings (SSSR count). The molecule has 1 heterocycles. The highest BCUT2D eigenvalue weighted by molar-refractivity contribution is 5.81. The van der Waals surface area contributed by atoms with Crippen LogP contribution < -0.4 is 15.4 Å². The van der Waals surface area contributed by atoms with Crippen molar-refractivity contribution in [1.82, 2.24) is 15.6 Å². The summed E-state index contributed by atoms with van der Waals surface area (Å²) in [6.45, 7) is 7.48. The van der Waals surface area contributed by atoms with Crippen molar-refractivity contribution < 1.29 is 9.47 Å². The number of nitrogens with one attached hydrogen (secondary N) is 3. The van der Waals surface area contributed by atoms with E-state index >= 15 is 0 Å². The molecule has 0 radical (unpaired) electrons. The maximum atomic E-state index is 5.98. The minimum Gasteiger partial charge on any atom is -0.493 e. The van der Waals surface area contributed by atoms with Crippen molar-refractivity contribution in [1.29, 1.82) is 0 Å². The van der Waals surface area contributed by atoms with E-state index in [4.69, 9.17) is 14.5 Å². The number of aromatic amines is 1. The summed E-state index contributed by atoms with van der Waals surface area (Å²) in [5.41, 5.74) is 4.51. The number of hydrogen-bond donors (Lipinski definition) is 3. The van der Waals surface area contributed by atoms with Gasteiger partial charge in [0.25, 0.3) is 0 Å². The zero-order valence-electron chi connectivity index (χ0n) is 18.1. The third kappa shape index (κ3) is 6.26. The average molecular weight is 409 g/mol. The fourth-order valence-electron chi connectivity index (χ4n) is 3.23. The second-order valence-electron chi connectivity index (χ2n) is 7.24. The number of aliphatic imine (C=N–C) groups is 1. The van der Waals surface area contributed by atoms with Gasteiger partial charge >= 0.3 is 0 Å². The van der Waals surface area contributed by atoms with Crippen molar-refractivity contribution >= 4 is 16.9 Å². The summed E-state index contributed by atoms with van der Waals surface area (Å²) in [5.74, 6) is 1.67. The van der Waals surface area contributed by atoms with Gasteiger partial charge in [0.15, 0.2) is 5.96 Å². The molecule has 0 saturated heterocycles. The van der Waals surface area contributed by atoms with Crippen LogP contribution in [-0.2, 0) is 17.8 Å². The first-order valence-corrected chi connectivity index (χ1v) is 10.5. The molecule has 0 saturated carbocycles. The highest BCUT2D eigenvalue weighted by Gasteiger charge is 2.06. The molecular formula is C24H32N4O2. The van der Waals surface area contributed by atoms with Gasteiger partial charge in [-0.15, -0.1) is 0 Å². The van der Waals surface area contributed by atoms with E-state index in [1.807, 2.05) is 6.07 Å². The fraction of sp³-hybridized carbons (Fsp3) is 0.375. The number of nitrogens with zero attached hydrogens (tertiary/aromatic N) is 1. The SMILES string of the molecule is CCNC(=NCc1ccc(C)cc1OCCCOC)NCc1cc2ccccc2[nH]1. The van der Waals surface area contributed by atoms with Crippen LogP contribution in [0.15, 0.2) is 53.5 Å². The van der Waals surface area contributed by atoms with Gasteiger partial charge in [0.2, 0.25) is 0 Å². The molecule has 0 spiro atoms. The maximum Gasteiger partial charge on any atom is 0.191 e. The number of hydrogen-bond acceptors (Lipinski definition) is 3. The van der Waals surface area contributed by atoms with Gasteiger partial charge < -0.3 is 25.1 Å². The Balaban J connectivity index is 1.64. The molecule has 1 aromatic heterocycles. The van der Waals surface area contributed by atoms with Crippen molar-refractivity contribution in [2.45, 2.75) is 33.4 Å². The van der Waals surface area contributed by atoms with E-state index in [0.29, 0.717) is 26.3 Å². The van der Waals surface area contributed by atoms with Crippen LogP contribution >= 0.6 is 0 Å². The van der Waals surface area contributed by atoms with E-state index < -0.39 is 0 Å². The first-order valence-electron chi connectivity index (χ1n) is 10.5. The van der Waals surface area contributed by atoms with Crippen molar-refractivity contribution in [2.75, 3.05) is 26.9 Å². The molecule has 30 heavy (non-hydrogen) atoms. The Morgan fingerprint density at radius 2 is 1.93 bits per heavy atom. The van der Waals surface area contributed by atoms with E-state index in [9.17, 15) is 0 Å². The number of aromatic nitrogens is 1. The molecule has 0 amide bonds. The topological polar surface area (TPSA) is 70.7 Å². The van der Waals surface area contributed by atoms with Crippen LogP contribution in [0.5, 0.6) is 5.75 Å². The number of rotatable bonds is 10. The van der Waals surface area contributed by atoms with Gasteiger partial charge in [-0.25, -0.2) is 4.99 Å². The summed E-state index contributed by atoms with van der Waals surface area (Å²) in [5, 5.41) is 7.94. The standard InChI is InChI=1S/C24H32N4O2/c1-4-25-24(27-17-21-15-19-8-5-6-9-22(19)28-21)26-16-20-11-10-18(2)14-23(20)30-13-7-12-29-3/h5-6,8-11,14-15,28H,4,7,12-13,16-17H2,1-3H3,(H2,25,26,27). The van der Waals surface area contributed by atoms with Crippen LogP contribution in [0, 0.1) is 6.92 Å². The Labute approximate surface area is 178 Å². The second-order valence-corrected chi connectivity index (χ2v) is 7.24. The average Bonchev–Trinajstić information content (AvgIpc) is 3.17. The van der Waals surface area contributed by atoms with E-state index in [-0.39, 0.29) is 0 Å². The van der Waals surface area contributed by atoms with Crippen molar-refractivity contribution in [3.63, 3.8) is 0 Å². The fourth-order valence-corrected chi connectivity index (χ4v) is 3.23. The van der Waals surface area contributed by atoms with Gasteiger partial charge in [-0.3, -0.25) is 0 Å². The number of methoxy groups -OCH3 is 1. The number of fused-ring (bicyclic) bond motifs is 1. The number of aryl methyl sites for hydroxylation is 1. The van der Waals surface area contributed by atoms with Crippen molar-refractivity contribution in [2.24, 2.45) is 4.99 Å². The number of H-pyrrole nitrogens is 1. The number of para-hydroxylation sites is 1. The lowest BCUT2D eigenvalue weighted by Gasteiger charge is -2.13. The highest BCUT2D eigenvalue weighted by atomic mass is 16.5. The molecule has 160 valence electrons. The Hall–Kier alpha value is -2.99. The Bertz CT molecular complexity index is 932. The summed E-state index contributed by atoms with van der Waals surface area (Å²) in [6, 6.07) is 16.7. The lowest BCUT2D eigenvalue weighted by atomic mass is 10.1. The first-order chi connectivity index (χ1) is 14.7. The van der Waals surface area contributed by atoms with Gasteiger partial charge in [-0.05, 0) is 43.0 Å².